The van der Waals surface area contributed by atoms with E-state index in [0.29, 0.717) is 22.4 Å². The van der Waals surface area contributed by atoms with E-state index in [0.717, 1.165) is 5.56 Å². The van der Waals surface area contributed by atoms with Crippen molar-refractivity contribution in [1.29, 1.82) is 0 Å². The maximum Gasteiger partial charge on any atom is 0.256 e. The van der Waals surface area contributed by atoms with Crippen molar-refractivity contribution in [2.24, 2.45) is 0 Å². The number of nitrogens with one attached hydrogen (secondary N) is 1. The van der Waals surface area contributed by atoms with E-state index in [1.807, 2.05) is 54.6 Å². The Kier molecular flexibility index (Phi) is 4.03. The summed E-state index contributed by atoms with van der Waals surface area (Å²) in [6.07, 6.45) is 0. The average molecular weight is 361 g/mol. The van der Waals surface area contributed by atoms with Gasteiger partial charge in [0.15, 0.2) is 0 Å². The fraction of sp³-hybridized carbons (Fsp3) is 0.190. The van der Waals surface area contributed by atoms with Gasteiger partial charge < -0.3 is 10.4 Å². The van der Waals surface area contributed by atoms with E-state index in [2.05, 4.69) is 10.3 Å². The lowest BCUT2D eigenvalue weighted by atomic mass is 9.80. The minimum absolute atomic E-state index is 0.0725. The van der Waals surface area contributed by atoms with E-state index >= 15 is 0 Å². The van der Waals surface area contributed by atoms with Crippen LogP contribution in [0.5, 0.6) is 0 Å². The largest absolute Gasteiger partial charge is 0.512 e. The summed E-state index contributed by atoms with van der Waals surface area (Å²) in [5.74, 6) is -0.623. The highest BCUT2D eigenvalue weighted by Gasteiger charge is 2.43. The smallest absolute Gasteiger partial charge is 0.256 e. The summed E-state index contributed by atoms with van der Waals surface area (Å²) in [7, 11) is 0. The van der Waals surface area contributed by atoms with Crippen molar-refractivity contribution >= 4 is 28.4 Å². The highest BCUT2D eigenvalue weighted by molar-refractivity contribution is 6.03. The number of amides is 1. The highest BCUT2D eigenvalue weighted by Crippen LogP contribution is 2.41. The Hall–Kier alpha value is -3.41. The number of aliphatic hydroxyl groups excluding tert-OH is 1. The van der Waals surface area contributed by atoms with Crippen molar-refractivity contribution < 1.29 is 14.7 Å². The minimum Gasteiger partial charge on any atom is -0.512 e. The van der Waals surface area contributed by atoms with Crippen LogP contribution in [0.4, 0.5) is 0 Å². The lowest BCUT2D eigenvalue weighted by molar-refractivity contribution is -0.119. The molecule has 2 aromatic carbocycles. The summed E-state index contributed by atoms with van der Waals surface area (Å²) in [4.78, 5) is 29.8. The Morgan fingerprint density at radius 2 is 1.74 bits per heavy atom. The molecule has 0 radical (unpaired) electrons. The van der Waals surface area contributed by atoms with Crippen LogP contribution in [0.25, 0.3) is 16.6 Å². The van der Waals surface area contributed by atoms with Crippen molar-refractivity contribution in [3.63, 3.8) is 0 Å². The van der Waals surface area contributed by atoms with Gasteiger partial charge in [0, 0.05) is 18.4 Å². The van der Waals surface area contributed by atoms with Gasteiger partial charge >= 0.3 is 0 Å². The molecule has 4 rings (SSSR count). The summed E-state index contributed by atoms with van der Waals surface area (Å²) in [6.45, 7) is 2.96. The Labute approximate surface area is 156 Å². The molecule has 0 saturated heterocycles. The maximum atomic E-state index is 13.4. The van der Waals surface area contributed by atoms with Crippen LogP contribution >= 0.6 is 0 Å². The first-order valence-electron chi connectivity index (χ1n) is 8.73. The molecule has 2 atom stereocenters. The average Bonchev–Trinajstić information content (AvgIpc) is 3.03. The molecular weight excluding hydrogens is 342 g/mol. The van der Waals surface area contributed by atoms with Gasteiger partial charge in [0.1, 0.15) is 11.9 Å². The number of imidazole rings is 1. The van der Waals surface area contributed by atoms with Crippen LogP contribution in [0.1, 0.15) is 35.9 Å². The van der Waals surface area contributed by atoms with Gasteiger partial charge in [-0.05, 0) is 24.6 Å². The standard InChI is InChI=1S/C21H19N3O3/c1-12(25)17-18(14-8-4-3-5-9-14)19(22-13(2)26)21(27)24-16-11-7-6-10-15(16)23-20(17)24/h3-11,18-19,25H,1-2H3,(H,22,26)/t18-,19+/m1/s1. The maximum absolute atomic E-state index is 13.4. The van der Waals surface area contributed by atoms with Gasteiger partial charge in [0.05, 0.1) is 16.8 Å². The lowest BCUT2D eigenvalue weighted by Crippen LogP contribution is -2.50. The molecule has 2 N–H and O–H groups in total. The normalized spacial score (nSPS) is 21.0. The van der Waals surface area contributed by atoms with Crippen LogP contribution in [0.15, 0.2) is 60.4 Å². The SMILES string of the molecule is CC(=O)N[C@@H]1C(=O)n2c(nc3ccccc32)C(=C(C)O)[C@H]1c1ccccc1. The van der Waals surface area contributed by atoms with Crippen LogP contribution in [-0.2, 0) is 4.79 Å². The van der Waals surface area contributed by atoms with Crippen molar-refractivity contribution in [3.05, 3.63) is 71.7 Å². The molecule has 3 aromatic rings. The molecule has 0 saturated carbocycles. The molecule has 27 heavy (non-hydrogen) atoms. The van der Waals surface area contributed by atoms with E-state index < -0.39 is 12.0 Å². The number of nitrogens with zero attached hydrogens (tertiary/aromatic N) is 2. The number of carbonyl (C=O) groups is 2. The summed E-state index contributed by atoms with van der Waals surface area (Å²) in [6, 6.07) is 15.8. The van der Waals surface area contributed by atoms with Gasteiger partial charge in [0.25, 0.3) is 5.91 Å². The molecule has 6 heteroatoms. The first-order valence-corrected chi connectivity index (χ1v) is 8.73. The molecule has 1 aliphatic heterocycles. The molecule has 0 aliphatic carbocycles. The quantitative estimate of drug-likeness (QED) is 0.686. The molecule has 1 aliphatic rings. The summed E-state index contributed by atoms with van der Waals surface area (Å²) in [5.41, 5.74) is 2.68. The number of aromatic nitrogens is 2. The van der Waals surface area contributed by atoms with Crippen molar-refractivity contribution in [2.75, 3.05) is 0 Å². The number of allylic oxidation sites excluding steroid dienone is 1. The van der Waals surface area contributed by atoms with E-state index in [1.54, 1.807) is 6.92 Å². The zero-order valence-electron chi connectivity index (χ0n) is 15.0. The third-order valence-electron chi connectivity index (χ3n) is 4.84. The van der Waals surface area contributed by atoms with E-state index in [9.17, 15) is 14.7 Å². The number of benzene rings is 2. The molecule has 0 fully saturated rings. The second kappa shape index (κ2) is 6.39. The number of hydrogen-bond acceptors (Lipinski definition) is 4. The minimum atomic E-state index is -0.841. The topological polar surface area (TPSA) is 84.2 Å². The van der Waals surface area contributed by atoms with Crippen molar-refractivity contribution in [3.8, 4) is 0 Å². The highest BCUT2D eigenvalue weighted by atomic mass is 16.3. The van der Waals surface area contributed by atoms with Crippen molar-refractivity contribution in [1.82, 2.24) is 14.9 Å². The molecule has 1 amide bonds. The summed E-state index contributed by atoms with van der Waals surface area (Å²) >= 11 is 0. The van der Waals surface area contributed by atoms with Crippen LogP contribution < -0.4 is 5.32 Å². The first kappa shape index (κ1) is 17.0. The fourth-order valence-electron chi connectivity index (χ4n) is 3.79. The molecule has 1 aromatic heterocycles. The van der Waals surface area contributed by atoms with E-state index in [1.165, 1.54) is 11.5 Å². The molecule has 2 heterocycles. The molecule has 6 nitrogen and oxygen atoms in total. The number of carbonyl (C=O) groups excluding carboxylic acids is 2. The van der Waals surface area contributed by atoms with Crippen LogP contribution in [0.3, 0.4) is 0 Å². The predicted octanol–water partition coefficient (Wildman–Crippen LogP) is 3.27. The first-order chi connectivity index (χ1) is 13.0. The molecular formula is C21H19N3O3. The summed E-state index contributed by atoms with van der Waals surface area (Å²) in [5, 5.41) is 13.3. The van der Waals surface area contributed by atoms with Crippen molar-refractivity contribution in [2.45, 2.75) is 25.8 Å². The Morgan fingerprint density at radius 1 is 1.07 bits per heavy atom. The number of aliphatic hydroxyl groups is 1. The molecule has 0 unspecified atom stereocenters. The van der Waals surface area contributed by atoms with Crippen LogP contribution in [0, 0.1) is 0 Å². The molecule has 136 valence electrons. The number of rotatable bonds is 2. The number of hydrogen-bond donors (Lipinski definition) is 2. The zero-order chi connectivity index (χ0) is 19.1. The summed E-state index contributed by atoms with van der Waals surface area (Å²) < 4.78 is 1.49. The molecule has 0 bridgehead atoms. The van der Waals surface area contributed by atoms with Gasteiger partial charge in [-0.15, -0.1) is 0 Å². The van der Waals surface area contributed by atoms with Gasteiger partial charge in [-0.1, -0.05) is 42.5 Å². The van der Waals surface area contributed by atoms with Gasteiger partial charge in [0.2, 0.25) is 5.91 Å². The second-order valence-corrected chi connectivity index (χ2v) is 6.66. The van der Waals surface area contributed by atoms with Crippen LogP contribution in [0.2, 0.25) is 0 Å². The Bertz CT molecular complexity index is 1080. The zero-order valence-corrected chi connectivity index (χ0v) is 15.0. The third-order valence-corrected chi connectivity index (χ3v) is 4.84. The van der Waals surface area contributed by atoms with Gasteiger partial charge in [-0.25, -0.2) is 4.98 Å². The molecule has 0 spiro atoms. The monoisotopic (exact) mass is 361 g/mol. The Balaban J connectivity index is 2.04. The number of para-hydroxylation sites is 2. The van der Waals surface area contributed by atoms with E-state index in [4.69, 9.17) is 0 Å². The van der Waals surface area contributed by atoms with E-state index in [-0.39, 0.29) is 17.6 Å². The van der Waals surface area contributed by atoms with Gasteiger partial charge in [-0.2, -0.15) is 0 Å². The number of fused-ring (bicyclic) bond motifs is 3. The lowest BCUT2D eigenvalue weighted by Gasteiger charge is -2.34. The third kappa shape index (κ3) is 2.70. The predicted molar refractivity (Wildman–Crippen MR) is 102 cm³/mol. The second-order valence-electron chi connectivity index (χ2n) is 6.66. The fourth-order valence-corrected chi connectivity index (χ4v) is 3.79. The van der Waals surface area contributed by atoms with Gasteiger partial charge in [-0.3, -0.25) is 14.2 Å². The Morgan fingerprint density at radius 3 is 2.41 bits per heavy atom. The van der Waals surface area contributed by atoms with Crippen LogP contribution in [-0.4, -0.2) is 32.5 Å².